The van der Waals surface area contributed by atoms with Gasteiger partial charge in [0, 0.05) is 44.5 Å². The molecule has 0 bridgehead atoms. The lowest BCUT2D eigenvalue weighted by molar-refractivity contribution is -0.142. The van der Waals surface area contributed by atoms with Crippen molar-refractivity contribution in [2.45, 2.75) is 103 Å². The molecule has 0 aromatic rings. The second kappa shape index (κ2) is 42.1. The number of hydrogen-bond donors (Lipinski definition) is 4. The van der Waals surface area contributed by atoms with Crippen molar-refractivity contribution in [1.29, 1.82) is 0 Å². The standard InChI is InChI=1S/C38H66N2O10S/c41-36(39-21-23-45-24-25-46-26-27-47-28-29-48-30-31-49-32-33-50-35-38(43)44)19-17-15-13-11-9-7-5-3-1-2-4-6-8-10-12-14-16-18-20-37(42)40-22-34-51/h51H,5-35H2,(H,39,41)(H,40,42)(H,43,44). The van der Waals surface area contributed by atoms with E-state index in [1.807, 2.05) is 0 Å². The molecule has 12 nitrogen and oxygen atoms in total. The number of carboxylic acids is 1. The average molecular weight is 743 g/mol. The van der Waals surface area contributed by atoms with E-state index in [0.29, 0.717) is 97.8 Å². The van der Waals surface area contributed by atoms with Crippen molar-refractivity contribution >= 4 is 30.4 Å². The van der Waals surface area contributed by atoms with Crippen molar-refractivity contribution < 1.29 is 47.9 Å². The molecule has 0 saturated carbocycles. The topological polar surface area (TPSA) is 151 Å². The molecular formula is C38H66N2O10S. The summed E-state index contributed by atoms with van der Waals surface area (Å²) in [4.78, 5) is 33.8. The largest absolute Gasteiger partial charge is 0.480 e. The number of thiol groups is 1. The normalized spacial score (nSPS) is 10.6. The summed E-state index contributed by atoms with van der Waals surface area (Å²) in [6, 6.07) is 0. The minimum Gasteiger partial charge on any atom is -0.480 e. The number of hydrogen-bond acceptors (Lipinski definition) is 10. The Bertz CT molecular complexity index is 948. The van der Waals surface area contributed by atoms with Crippen LogP contribution < -0.4 is 10.6 Å². The van der Waals surface area contributed by atoms with Crippen LogP contribution in [0.3, 0.4) is 0 Å². The van der Waals surface area contributed by atoms with Gasteiger partial charge in [-0.25, -0.2) is 4.79 Å². The van der Waals surface area contributed by atoms with Crippen molar-refractivity contribution in [1.82, 2.24) is 10.6 Å². The van der Waals surface area contributed by atoms with Gasteiger partial charge in [0.1, 0.15) is 6.61 Å². The highest BCUT2D eigenvalue weighted by molar-refractivity contribution is 7.80. The number of unbranched alkanes of at least 4 members (excludes halogenated alkanes) is 12. The summed E-state index contributed by atoms with van der Waals surface area (Å²) in [7, 11) is 0. The molecule has 0 aliphatic carbocycles. The number of carboxylic acid groups (broad SMARTS) is 1. The van der Waals surface area contributed by atoms with Gasteiger partial charge in [0.05, 0.1) is 72.7 Å². The highest BCUT2D eigenvalue weighted by Gasteiger charge is 2.02. The molecule has 0 aliphatic rings. The van der Waals surface area contributed by atoms with Crippen LogP contribution in [0.2, 0.25) is 0 Å². The molecule has 0 heterocycles. The first-order chi connectivity index (χ1) is 25.1. The summed E-state index contributed by atoms with van der Waals surface area (Å²) in [5.41, 5.74) is 0. The number of aliphatic carboxylic acids is 1. The van der Waals surface area contributed by atoms with E-state index in [-0.39, 0.29) is 25.0 Å². The summed E-state index contributed by atoms with van der Waals surface area (Å²) >= 11 is 4.09. The Balaban J connectivity index is 3.29. The van der Waals surface area contributed by atoms with E-state index in [1.54, 1.807) is 0 Å². The molecule has 2 amide bonds. The Morgan fingerprint density at radius 2 is 0.824 bits per heavy atom. The van der Waals surface area contributed by atoms with Gasteiger partial charge in [0.25, 0.3) is 0 Å². The van der Waals surface area contributed by atoms with Crippen molar-refractivity contribution in [2.24, 2.45) is 0 Å². The number of carbonyl (C=O) groups excluding carboxylic acids is 2. The van der Waals surface area contributed by atoms with E-state index >= 15 is 0 Å². The lowest BCUT2D eigenvalue weighted by Gasteiger charge is -2.08. The Hall–Kier alpha value is -2.36. The maximum absolute atomic E-state index is 12.0. The van der Waals surface area contributed by atoms with Crippen molar-refractivity contribution in [2.75, 3.05) is 98.1 Å². The van der Waals surface area contributed by atoms with Crippen LogP contribution in [0.5, 0.6) is 0 Å². The predicted molar refractivity (Wildman–Crippen MR) is 202 cm³/mol. The molecule has 294 valence electrons. The molecule has 0 aromatic carbocycles. The molecule has 51 heavy (non-hydrogen) atoms. The van der Waals surface area contributed by atoms with Gasteiger partial charge in [-0.05, 0) is 37.5 Å². The SMILES string of the molecule is O=C(O)COCCOCCOCCOCCOCCOCCNC(=O)CCCCCCCCC#CC#CCCCCCCCCC(=O)NCCS. The van der Waals surface area contributed by atoms with Gasteiger partial charge >= 0.3 is 5.97 Å². The Morgan fingerprint density at radius 3 is 1.24 bits per heavy atom. The number of nitrogens with one attached hydrogen (secondary N) is 2. The van der Waals surface area contributed by atoms with Crippen LogP contribution >= 0.6 is 12.6 Å². The lowest BCUT2D eigenvalue weighted by Crippen LogP contribution is -2.27. The number of amides is 2. The summed E-state index contributed by atoms with van der Waals surface area (Å²) in [6.45, 7) is 5.45. The molecule has 0 atom stereocenters. The highest BCUT2D eigenvalue weighted by Crippen LogP contribution is 2.09. The molecule has 0 fully saturated rings. The number of ether oxygens (including phenoxy) is 6. The van der Waals surface area contributed by atoms with Gasteiger partial charge in [-0.15, -0.1) is 0 Å². The first kappa shape index (κ1) is 48.6. The van der Waals surface area contributed by atoms with Crippen LogP contribution in [-0.2, 0) is 42.8 Å². The van der Waals surface area contributed by atoms with Crippen molar-refractivity contribution in [3.8, 4) is 23.7 Å². The van der Waals surface area contributed by atoms with Gasteiger partial charge in [0.15, 0.2) is 0 Å². The van der Waals surface area contributed by atoms with E-state index in [2.05, 4.69) is 46.9 Å². The van der Waals surface area contributed by atoms with E-state index in [9.17, 15) is 14.4 Å². The third-order valence-electron chi connectivity index (χ3n) is 7.24. The summed E-state index contributed by atoms with van der Waals surface area (Å²) in [6.07, 6.45) is 16.2. The fraction of sp³-hybridized carbons (Fsp3) is 0.816. The van der Waals surface area contributed by atoms with Crippen LogP contribution in [0.4, 0.5) is 0 Å². The molecule has 0 saturated heterocycles. The van der Waals surface area contributed by atoms with E-state index < -0.39 is 5.97 Å². The Labute approximate surface area is 312 Å². The molecule has 13 heteroatoms. The number of rotatable bonds is 38. The minimum absolute atomic E-state index is 0.0701. The maximum Gasteiger partial charge on any atom is 0.329 e. The zero-order valence-corrected chi connectivity index (χ0v) is 31.9. The minimum atomic E-state index is -0.998. The Kier molecular flexibility index (Phi) is 40.1. The van der Waals surface area contributed by atoms with Crippen LogP contribution in [0, 0.1) is 23.7 Å². The quantitative estimate of drug-likeness (QED) is 0.0402. The first-order valence-corrected chi connectivity index (χ1v) is 19.5. The van der Waals surface area contributed by atoms with Gasteiger partial charge in [-0.3, -0.25) is 9.59 Å². The van der Waals surface area contributed by atoms with E-state index in [1.165, 1.54) is 25.7 Å². The molecule has 3 N–H and O–H groups in total. The fourth-order valence-corrected chi connectivity index (χ4v) is 4.63. The molecule has 0 radical (unpaired) electrons. The monoisotopic (exact) mass is 742 g/mol. The second-order valence-electron chi connectivity index (χ2n) is 11.8. The molecule has 0 aromatic heterocycles. The van der Waals surface area contributed by atoms with E-state index in [0.717, 1.165) is 64.2 Å². The van der Waals surface area contributed by atoms with Gasteiger partial charge in [0.2, 0.25) is 11.8 Å². The third kappa shape index (κ3) is 43.7. The van der Waals surface area contributed by atoms with Gasteiger partial charge < -0.3 is 44.2 Å². The zero-order chi connectivity index (χ0) is 37.1. The van der Waals surface area contributed by atoms with Crippen LogP contribution in [0.1, 0.15) is 103 Å². The van der Waals surface area contributed by atoms with Gasteiger partial charge in [-0.2, -0.15) is 12.6 Å². The zero-order valence-electron chi connectivity index (χ0n) is 31.0. The summed E-state index contributed by atoms with van der Waals surface area (Å²) in [5.74, 6) is 12.1. The van der Waals surface area contributed by atoms with E-state index in [4.69, 9.17) is 33.5 Å². The first-order valence-electron chi connectivity index (χ1n) is 18.8. The summed E-state index contributed by atoms with van der Waals surface area (Å²) < 4.78 is 31.9. The highest BCUT2D eigenvalue weighted by atomic mass is 32.1. The summed E-state index contributed by atoms with van der Waals surface area (Å²) in [5, 5.41) is 14.2. The van der Waals surface area contributed by atoms with Crippen LogP contribution in [-0.4, -0.2) is 121 Å². The second-order valence-corrected chi connectivity index (χ2v) is 12.2. The lowest BCUT2D eigenvalue weighted by atomic mass is 10.1. The molecule has 0 spiro atoms. The van der Waals surface area contributed by atoms with Crippen molar-refractivity contribution in [3.63, 3.8) is 0 Å². The average Bonchev–Trinajstić information content (AvgIpc) is 3.12. The van der Waals surface area contributed by atoms with Crippen LogP contribution in [0.25, 0.3) is 0 Å². The van der Waals surface area contributed by atoms with Gasteiger partial charge in [-0.1, -0.05) is 63.2 Å². The molecule has 0 rings (SSSR count). The smallest absolute Gasteiger partial charge is 0.329 e. The predicted octanol–water partition coefficient (Wildman–Crippen LogP) is 4.58. The van der Waals surface area contributed by atoms with Crippen LogP contribution in [0.15, 0.2) is 0 Å². The molecule has 0 unspecified atom stereocenters. The number of carbonyl (C=O) groups is 3. The molecule has 0 aliphatic heterocycles. The third-order valence-corrected chi connectivity index (χ3v) is 7.46. The van der Waals surface area contributed by atoms with Crippen molar-refractivity contribution in [3.05, 3.63) is 0 Å². The maximum atomic E-state index is 12.0. The molecular weight excluding hydrogens is 676 g/mol. The Morgan fingerprint density at radius 1 is 0.471 bits per heavy atom. The fourth-order valence-electron chi connectivity index (χ4n) is 4.52.